The molecule has 0 radical (unpaired) electrons. The Bertz CT molecular complexity index is 874. The average Bonchev–Trinajstić information content (AvgIpc) is 2.73. The Morgan fingerprint density at radius 3 is 2.62 bits per heavy atom. The molecule has 0 spiro atoms. The van der Waals surface area contributed by atoms with Crippen molar-refractivity contribution in [3.8, 4) is 5.75 Å². The summed E-state index contributed by atoms with van der Waals surface area (Å²) >= 11 is 1.26. The van der Waals surface area contributed by atoms with Crippen LogP contribution >= 0.6 is 11.8 Å². The van der Waals surface area contributed by atoms with Crippen molar-refractivity contribution in [2.24, 2.45) is 5.92 Å². The van der Waals surface area contributed by atoms with Crippen molar-refractivity contribution in [3.05, 3.63) is 45.9 Å². The number of anilines is 1. The number of carbonyl (C=O) groups excluding carboxylic acids is 1. The lowest BCUT2D eigenvalue weighted by molar-refractivity contribution is -0.113. The largest absolute Gasteiger partial charge is 0.497 e. The molecule has 0 aliphatic heterocycles. The summed E-state index contributed by atoms with van der Waals surface area (Å²) < 4.78 is 5.12. The van der Waals surface area contributed by atoms with Gasteiger partial charge in [0, 0.05) is 11.3 Å². The smallest absolute Gasteiger partial charge is 0.254 e. The number of carbonyl (C=O) groups is 1. The fourth-order valence-electron chi connectivity index (χ4n) is 3.79. The monoisotopic (exact) mass is 415 g/mol. The van der Waals surface area contributed by atoms with Gasteiger partial charge in [-0.1, -0.05) is 50.8 Å². The molecule has 1 saturated carbocycles. The Labute approximate surface area is 175 Å². The van der Waals surface area contributed by atoms with Crippen LogP contribution in [0.3, 0.4) is 0 Å². The molecule has 1 aliphatic carbocycles. The molecule has 6 nitrogen and oxygen atoms in total. The molecule has 1 aromatic heterocycles. The second-order valence-electron chi connectivity index (χ2n) is 7.42. The van der Waals surface area contributed by atoms with Gasteiger partial charge in [0.2, 0.25) is 5.91 Å². The molecular formula is C22H29N3O3S. The second-order valence-corrected chi connectivity index (χ2v) is 8.39. The van der Waals surface area contributed by atoms with Gasteiger partial charge in [0.25, 0.3) is 5.56 Å². The topological polar surface area (TPSA) is 84.1 Å². The molecule has 2 aromatic rings. The Morgan fingerprint density at radius 2 is 1.97 bits per heavy atom. The summed E-state index contributed by atoms with van der Waals surface area (Å²) in [6, 6.07) is 7.17. The first-order valence-electron chi connectivity index (χ1n) is 10.3. The van der Waals surface area contributed by atoms with E-state index in [-0.39, 0.29) is 17.2 Å². The van der Waals surface area contributed by atoms with E-state index in [4.69, 9.17) is 9.72 Å². The Morgan fingerprint density at radius 1 is 1.24 bits per heavy atom. The highest BCUT2D eigenvalue weighted by Gasteiger charge is 2.19. The number of hydrogen-bond donors (Lipinski definition) is 2. The van der Waals surface area contributed by atoms with Crippen molar-refractivity contribution in [1.82, 2.24) is 9.97 Å². The van der Waals surface area contributed by atoms with E-state index >= 15 is 0 Å². The summed E-state index contributed by atoms with van der Waals surface area (Å²) in [5.41, 5.74) is 2.31. The molecule has 2 N–H and O–H groups in total. The van der Waals surface area contributed by atoms with Gasteiger partial charge in [-0.2, -0.15) is 0 Å². The highest BCUT2D eigenvalue weighted by Crippen LogP contribution is 2.27. The molecule has 1 fully saturated rings. The minimum Gasteiger partial charge on any atom is -0.497 e. The first-order chi connectivity index (χ1) is 14.1. The number of benzene rings is 1. The molecule has 1 heterocycles. The average molecular weight is 416 g/mol. The normalized spacial score (nSPS) is 14.6. The van der Waals surface area contributed by atoms with Crippen LogP contribution in [0.25, 0.3) is 0 Å². The van der Waals surface area contributed by atoms with Gasteiger partial charge in [-0.05, 0) is 43.0 Å². The standard InChI is InChI=1S/C22H29N3O3S/c1-3-18-19(13-15-7-5-4-6-8-15)24-22(25-21(18)27)29-14-20(26)23-16-9-11-17(28-2)12-10-16/h9-12,15H,3-8,13-14H2,1-2H3,(H,23,26)(H,24,25,27). The molecule has 0 atom stereocenters. The van der Waals surface area contributed by atoms with Gasteiger partial charge >= 0.3 is 0 Å². The highest BCUT2D eigenvalue weighted by molar-refractivity contribution is 7.99. The van der Waals surface area contributed by atoms with Crippen LogP contribution in [-0.2, 0) is 17.6 Å². The van der Waals surface area contributed by atoms with E-state index in [1.54, 1.807) is 31.4 Å². The van der Waals surface area contributed by atoms with Gasteiger partial charge in [-0.25, -0.2) is 4.98 Å². The van der Waals surface area contributed by atoms with Crippen molar-refractivity contribution < 1.29 is 9.53 Å². The maximum Gasteiger partial charge on any atom is 0.254 e. The number of amides is 1. The van der Waals surface area contributed by atoms with Crippen molar-refractivity contribution in [1.29, 1.82) is 0 Å². The van der Waals surface area contributed by atoms with Crippen molar-refractivity contribution in [2.45, 2.75) is 57.0 Å². The van der Waals surface area contributed by atoms with E-state index < -0.39 is 0 Å². The third-order valence-electron chi connectivity index (χ3n) is 5.35. The van der Waals surface area contributed by atoms with E-state index in [9.17, 15) is 9.59 Å². The van der Waals surface area contributed by atoms with Crippen molar-refractivity contribution in [3.63, 3.8) is 0 Å². The van der Waals surface area contributed by atoms with Gasteiger partial charge < -0.3 is 15.0 Å². The van der Waals surface area contributed by atoms with E-state index in [1.807, 2.05) is 6.92 Å². The lowest BCUT2D eigenvalue weighted by Gasteiger charge is -2.22. The molecule has 7 heteroatoms. The molecule has 3 rings (SSSR count). The van der Waals surface area contributed by atoms with Crippen LogP contribution in [0.2, 0.25) is 0 Å². The second kappa shape index (κ2) is 10.5. The zero-order chi connectivity index (χ0) is 20.6. The number of hydrogen-bond acceptors (Lipinski definition) is 5. The van der Waals surface area contributed by atoms with E-state index in [0.29, 0.717) is 23.2 Å². The highest BCUT2D eigenvalue weighted by atomic mass is 32.2. The van der Waals surface area contributed by atoms with Crippen LogP contribution in [0.5, 0.6) is 5.75 Å². The quantitative estimate of drug-likeness (QED) is 0.499. The van der Waals surface area contributed by atoms with Crippen molar-refractivity contribution >= 4 is 23.4 Å². The predicted molar refractivity (Wildman–Crippen MR) is 117 cm³/mol. The maximum atomic E-state index is 12.5. The number of aromatic nitrogens is 2. The van der Waals surface area contributed by atoms with Crippen LogP contribution < -0.4 is 15.6 Å². The summed E-state index contributed by atoms with van der Waals surface area (Å²) in [5.74, 6) is 1.39. The van der Waals surface area contributed by atoms with E-state index in [0.717, 1.165) is 23.4 Å². The number of ether oxygens (including phenoxy) is 1. The number of thioether (sulfide) groups is 1. The zero-order valence-corrected chi connectivity index (χ0v) is 17.9. The van der Waals surface area contributed by atoms with E-state index in [2.05, 4.69) is 10.3 Å². The number of methoxy groups -OCH3 is 1. The van der Waals surface area contributed by atoms with Crippen LogP contribution in [0, 0.1) is 5.92 Å². The van der Waals surface area contributed by atoms with Gasteiger partial charge in [0.05, 0.1) is 18.6 Å². The number of nitrogens with zero attached hydrogens (tertiary/aromatic N) is 1. The SMILES string of the molecule is CCc1c(CC2CCCCC2)nc(SCC(=O)Nc2ccc(OC)cc2)[nH]c1=O. The molecule has 1 amide bonds. The molecular weight excluding hydrogens is 386 g/mol. The molecule has 0 saturated heterocycles. The minimum absolute atomic E-state index is 0.0774. The van der Waals surface area contributed by atoms with Crippen LogP contribution in [0.1, 0.15) is 50.3 Å². The third-order valence-corrected chi connectivity index (χ3v) is 6.23. The minimum atomic E-state index is -0.142. The lowest BCUT2D eigenvalue weighted by Crippen LogP contribution is -2.21. The summed E-state index contributed by atoms with van der Waals surface area (Å²) in [5, 5.41) is 3.36. The molecule has 29 heavy (non-hydrogen) atoms. The number of H-pyrrole nitrogens is 1. The van der Waals surface area contributed by atoms with Crippen LogP contribution in [0.15, 0.2) is 34.2 Å². The fraction of sp³-hybridized carbons (Fsp3) is 0.500. The summed E-state index contributed by atoms with van der Waals surface area (Å²) in [4.78, 5) is 32.3. The molecule has 0 bridgehead atoms. The number of nitrogens with one attached hydrogen (secondary N) is 2. The van der Waals surface area contributed by atoms with Crippen LogP contribution in [0.4, 0.5) is 5.69 Å². The van der Waals surface area contributed by atoms with Crippen LogP contribution in [-0.4, -0.2) is 28.7 Å². The number of rotatable bonds is 8. The number of aromatic amines is 1. The summed E-state index contributed by atoms with van der Waals surface area (Å²) in [6.07, 6.45) is 7.80. The predicted octanol–water partition coefficient (Wildman–Crippen LogP) is 4.19. The third kappa shape index (κ3) is 6.10. The Kier molecular flexibility index (Phi) is 7.75. The zero-order valence-electron chi connectivity index (χ0n) is 17.1. The maximum absolute atomic E-state index is 12.5. The summed E-state index contributed by atoms with van der Waals surface area (Å²) in [6.45, 7) is 1.99. The Balaban J connectivity index is 1.63. The first-order valence-corrected chi connectivity index (χ1v) is 11.3. The molecule has 0 unspecified atom stereocenters. The first kappa shape index (κ1) is 21.4. The Hall–Kier alpha value is -2.28. The lowest BCUT2D eigenvalue weighted by atomic mass is 9.85. The molecule has 1 aliphatic rings. The van der Waals surface area contributed by atoms with Gasteiger partial charge in [0.1, 0.15) is 5.75 Å². The van der Waals surface area contributed by atoms with Gasteiger partial charge in [0.15, 0.2) is 5.16 Å². The van der Waals surface area contributed by atoms with Gasteiger partial charge in [-0.15, -0.1) is 0 Å². The van der Waals surface area contributed by atoms with E-state index in [1.165, 1.54) is 43.9 Å². The van der Waals surface area contributed by atoms with Crippen molar-refractivity contribution in [2.75, 3.05) is 18.2 Å². The molecule has 156 valence electrons. The van der Waals surface area contributed by atoms with Gasteiger partial charge in [-0.3, -0.25) is 9.59 Å². The fourth-order valence-corrected chi connectivity index (χ4v) is 4.47. The summed E-state index contributed by atoms with van der Waals surface area (Å²) in [7, 11) is 1.60. The molecule has 1 aromatic carbocycles.